The van der Waals surface area contributed by atoms with Crippen molar-refractivity contribution in [3.05, 3.63) is 0 Å². The minimum atomic E-state index is -0.485. The van der Waals surface area contributed by atoms with Gasteiger partial charge in [-0.15, -0.1) is 0 Å². The Morgan fingerprint density at radius 1 is 1.56 bits per heavy atom. The van der Waals surface area contributed by atoms with Gasteiger partial charge in [-0.1, -0.05) is 6.92 Å². The Balaban J connectivity index is 2.60. The molecule has 1 fully saturated rings. The number of hydrogen-bond acceptors (Lipinski definition) is 4. The minimum absolute atomic E-state index is 0.235. The summed E-state index contributed by atoms with van der Waals surface area (Å²) >= 11 is 0. The first-order valence-electron chi connectivity index (χ1n) is 5.76. The summed E-state index contributed by atoms with van der Waals surface area (Å²) in [6.45, 7) is 7.72. The van der Waals surface area contributed by atoms with Crippen LogP contribution >= 0.6 is 0 Å². The van der Waals surface area contributed by atoms with Crippen molar-refractivity contribution in [2.24, 2.45) is 11.3 Å². The Bertz CT molecular complexity index is 283. The molecular weight excluding hydrogens is 208 g/mol. The molecule has 0 bridgehead atoms. The molecule has 1 rings (SSSR count). The van der Waals surface area contributed by atoms with E-state index in [2.05, 4.69) is 0 Å². The van der Waals surface area contributed by atoms with Crippen LogP contribution in [0.1, 0.15) is 40.5 Å². The van der Waals surface area contributed by atoms with Crippen LogP contribution in [0.15, 0.2) is 0 Å². The zero-order valence-electron chi connectivity index (χ0n) is 10.4. The van der Waals surface area contributed by atoms with Gasteiger partial charge in [0.2, 0.25) is 0 Å². The van der Waals surface area contributed by atoms with Gasteiger partial charge in [-0.3, -0.25) is 9.59 Å². The van der Waals surface area contributed by atoms with Gasteiger partial charge in [0, 0.05) is 6.42 Å². The van der Waals surface area contributed by atoms with Gasteiger partial charge in [-0.2, -0.15) is 0 Å². The molecule has 2 unspecified atom stereocenters. The zero-order valence-corrected chi connectivity index (χ0v) is 10.4. The smallest absolute Gasteiger partial charge is 0.312 e. The van der Waals surface area contributed by atoms with Crippen LogP contribution < -0.4 is 0 Å². The van der Waals surface area contributed by atoms with Crippen molar-refractivity contribution in [3.8, 4) is 0 Å². The highest BCUT2D eigenvalue weighted by atomic mass is 16.6. The fourth-order valence-electron chi connectivity index (χ4n) is 1.41. The predicted octanol–water partition coefficient (Wildman–Crippen LogP) is 1.92. The van der Waals surface area contributed by atoms with E-state index < -0.39 is 5.41 Å². The lowest BCUT2D eigenvalue weighted by molar-refractivity contribution is -0.176. The van der Waals surface area contributed by atoms with Gasteiger partial charge < -0.3 is 9.47 Å². The Morgan fingerprint density at radius 3 is 2.75 bits per heavy atom. The molecule has 0 radical (unpaired) electrons. The van der Waals surface area contributed by atoms with Crippen LogP contribution in [0.2, 0.25) is 0 Å². The third kappa shape index (κ3) is 2.74. The van der Waals surface area contributed by atoms with Crippen LogP contribution in [0, 0.1) is 11.3 Å². The molecular formula is C12H20O4. The van der Waals surface area contributed by atoms with E-state index in [1.54, 1.807) is 6.92 Å². The highest BCUT2D eigenvalue weighted by molar-refractivity contribution is 5.78. The largest absolute Gasteiger partial charge is 0.465 e. The normalized spacial score (nSPS) is 26.1. The van der Waals surface area contributed by atoms with Crippen molar-refractivity contribution in [1.29, 1.82) is 0 Å². The summed E-state index contributed by atoms with van der Waals surface area (Å²) in [5.41, 5.74) is -0.485. The maximum absolute atomic E-state index is 11.8. The maximum Gasteiger partial charge on any atom is 0.312 e. The number of carbonyl (C=O) groups excluding carboxylic acids is 2. The number of cyclic esters (lactones) is 1. The molecule has 0 N–H and O–H groups in total. The topological polar surface area (TPSA) is 52.6 Å². The van der Waals surface area contributed by atoms with Crippen molar-refractivity contribution in [3.63, 3.8) is 0 Å². The minimum Gasteiger partial charge on any atom is -0.465 e. The van der Waals surface area contributed by atoms with E-state index in [4.69, 9.17) is 9.47 Å². The molecule has 1 saturated heterocycles. The van der Waals surface area contributed by atoms with E-state index in [1.807, 2.05) is 20.8 Å². The molecule has 4 nitrogen and oxygen atoms in total. The lowest BCUT2D eigenvalue weighted by Crippen LogP contribution is -2.40. The second-order valence-electron chi connectivity index (χ2n) is 4.93. The second-order valence-corrected chi connectivity index (χ2v) is 4.93. The Labute approximate surface area is 96.3 Å². The van der Waals surface area contributed by atoms with Crippen molar-refractivity contribution in [2.75, 3.05) is 6.61 Å². The van der Waals surface area contributed by atoms with E-state index in [1.165, 1.54) is 0 Å². The second kappa shape index (κ2) is 4.85. The first-order valence-corrected chi connectivity index (χ1v) is 5.76. The van der Waals surface area contributed by atoms with Crippen molar-refractivity contribution in [2.45, 2.75) is 46.6 Å². The lowest BCUT2D eigenvalue weighted by Gasteiger charge is -2.30. The van der Waals surface area contributed by atoms with Crippen LogP contribution in [0.4, 0.5) is 0 Å². The van der Waals surface area contributed by atoms with Gasteiger partial charge in [0.25, 0.3) is 0 Å². The zero-order chi connectivity index (χ0) is 12.3. The van der Waals surface area contributed by atoms with Crippen molar-refractivity contribution < 1.29 is 19.1 Å². The number of ether oxygens (including phenoxy) is 2. The summed E-state index contributed by atoms with van der Waals surface area (Å²) in [6.07, 6.45) is 0.982. The standard InChI is InChI=1S/C12H20O4/c1-5-12(3,4)11(14)16-9-6-7-15-10(13)8(9)2/h8-9H,5-7H2,1-4H3. The highest BCUT2D eigenvalue weighted by Crippen LogP contribution is 2.26. The number of hydrogen-bond donors (Lipinski definition) is 0. The van der Waals surface area contributed by atoms with Crippen LogP contribution in [0.25, 0.3) is 0 Å². The molecule has 0 aromatic rings. The monoisotopic (exact) mass is 228 g/mol. The Morgan fingerprint density at radius 2 is 2.19 bits per heavy atom. The number of esters is 2. The number of rotatable bonds is 3. The van der Waals surface area contributed by atoms with Gasteiger partial charge in [-0.25, -0.2) is 0 Å². The number of carbonyl (C=O) groups is 2. The average molecular weight is 228 g/mol. The quantitative estimate of drug-likeness (QED) is 0.692. The molecule has 0 aliphatic carbocycles. The van der Waals surface area contributed by atoms with E-state index in [0.29, 0.717) is 13.0 Å². The molecule has 1 heterocycles. The van der Waals surface area contributed by atoms with E-state index in [0.717, 1.165) is 6.42 Å². The lowest BCUT2D eigenvalue weighted by atomic mass is 9.90. The molecule has 0 saturated carbocycles. The van der Waals surface area contributed by atoms with E-state index in [9.17, 15) is 9.59 Å². The van der Waals surface area contributed by atoms with Gasteiger partial charge in [0.05, 0.1) is 17.9 Å². The van der Waals surface area contributed by atoms with Gasteiger partial charge in [-0.05, 0) is 27.2 Å². The van der Waals surface area contributed by atoms with Gasteiger partial charge in [0.15, 0.2) is 0 Å². The molecule has 0 aromatic carbocycles. The fraction of sp³-hybridized carbons (Fsp3) is 0.833. The molecule has 16 heavy (non-hydrogen) atoms. The highest BCUT2D eigenvalue weighted by Gasteiger charge is 2.36. The summed E-state index contributed by atoms with van der Waals surface area (Å²) in [4.78, 5) is 23.1. The fourth-order valence-corrected chi connectivity index (χ4v) is 1.41. The first-order chi connectivity index (χ1) is 7.38. The van der Waals surface area contributed by atoms with Crippen LogP contribution in [-0.4, -0.2) is 24.6 Å². The van der Waals surface area contributed by atoms with Crippen LogP contribution in [0.3, 0.4) is 0 Å². The molecule has 0 spiro atoms. The maximum atomic E-state index is 11.8. The average Bonchev–Trinajstić information content (AvgIpc) is 2.24. The Hall–Kier alpha value is -1.06. The van der Waals surface area contributed by atoms with Gasteiger partial charge in [0.1, 0.15) is 6.10 Å². The van der Waals surface area contributed by atoms with Crippen LogP contribution in [0.5, 0.6) is 0 Å². The summed E-state index contributed by atoms with van der Waals surface area (Å²) in [6, 6.07) is 0. The van der Waals surface area contributed by atoms with Crippen molar-refractivity contribution in [1.82, 2.24) is 0 Å². The summed E-state index contributed by atoms with van der Waals surface area (Å²) in [7, 11) is 0. The third-order valence-electron chi connectivity index (χ3n) is 3.27. The molecule has 0 aromatic heterocycles. The molecule has 4 heteroatoms. The molecule has 92 valence electrons. The molecule has 1 aliphatic rings. The van der Waals surface area contributed by atoms with E-state index >= 15 is 0 Å². The van der Waals surface area contributed by atoms with Gasteiger partial charge >= 0.3 is 11.9 Å². The predicted molar refractivity (Wildman–Crippen MR) is 58.7 cm³/mol. The SMILES string of the molecule is CCC(C)(C)C(=O)OC1CCOC(=O)C1C. The summed E-state index contributed by atoms with van der Waals surface area (Å²) in [5.74, 6) is -0.870. The molecule has 1 aliphatic heterocycles. The summed E-state index contributed by atoms with van der Waals surface area (Å²) < 4.78 is 10.3. The Kier molecular flexibility index (Phi) is 3.94. The molecule has 2 atom stereocenters. The molecule has 0 amide bonds. The van der Waals surface area contributed by atoms with Crippen molar-refractivity contribution >= 4 is 11.9 Å². The third-order valence-corrected chi connectivity index (χ3v) is 3.27. The first kappa shape index (κ1) is 13.0. The van der Waals surface area contributed by atoms with E-state index in [-0.39, 0.29) is 24.0 Å². The summed E-state index contributed by atoms with van der Waals surface area (Å²) in [5, 5.41) is 0. The van der Waals surface area contributed by atoms with Crippen LogP contribution in [-0.2, 0) is 19.1 Å².